The van der Waals surface area contributed by atoms with E-state index in [1.807, 2.05) is 0 Å². The van der Waals surface area contributed by atoms with Crippen molar-refractivity contribution in [3.8, 4) is 0 Å². The molecule has 0 aromatic carbocycles. The molecule has 0 unspecified atom stereocenters. The Labute approximate surface area is 77.1 Å². The number of rotatable bonds is 1. The molecule has 0 atom stereocenters. The van der Waals surface area contributed by atoms with Gasteiger partial charge in [0.05, 0.1) is 0 Å². The van der Waals surface area contributed by atoms with Crippen LogP contribution < -0.4 is 5.73 Å². The van der Waals surface area contributed by atoms with Crippen LogP contribution in [-0.4, -0.2) is 30.6 Å². The summed E-state index contributed by atoms with van der Waals surface area (Å²) in [5.41, 5.74) is 5.85. The molecule has 0 bridgehead atoms. The van der Waals surface area contributed by atoms with Crippen LogP contribution in [0, 0.1) is 5.41 Å². The van der Waals surface area contributed by atoms with E-state index in [1.54, 1.807) is 0 Å². The molecule has 1 saturated carbocycles. The van der Waals surface area contributed by atoms with E-state index >= 15 is 0 Å². The zero-order chi connectivity index (χ0) is 9.47. The highest BCUT2D eigenvalue weighted by Gasteiger charge is 2.46. The van der Waals surface area contributed by atoms with E-state index in [4.69, 9.17) is 5.73 Å². The lowest BCUT2D eigenvalue weighted by molar-refractivity contribution is -0.0945. The molecule has 1 saturated heterocycles. The molecule has 13 heavy (non-hydrogen) atoms. The highest BCUT2D eigenvalue weighted by atomic mass is 19.3. The summed E-state index contributed by atoms with van der Waals surface area (Å²) in [6, 6.07) is 0.262. The Morgan fingerprint density at radius 1 is 1.38 bits per heavy atom. The minimum atomic E-state index is -2.28. The van der Waals surface area contributed by atoms with Gasteiger partial charge in [0.25, 0.3) is 6.55 Å². The molecule has 0 aromatic heterocycles. The first kappa shape index (κ1) is 9.34. The molecule has 1 spiro atoms. The number of hydrogen-bond acceptors (Lipinski definition) is 2. The Kier molecular flexibility index (Phi) is 2.28. The Bertz CT molecular complexity index is 185. The molecule has 0 aromatic rings. The van der Waals surface area contributed by atoms with Crippen molar-refractivity contribution in [3.05, 3.63) is 0 Å². The smallest absolute Gasteiger partial charge is 0.294 e. The van der Waals surface area contributed by atoms with Crippen molar-refractivity contribution in [1.82, 2.24) is 4.90 Å². The second-order valence-electron chi connectivity index (χ2n) is 4.52. The molecule has 4 heteroatoms. The highest BCUT2D eigenvalue weighted by molar-refractivity contribution is 4.99. The summed E-state index contributed by atoms with van der Waals surface area (Å²) in [6.45, 7) is -1.18. The molecule has 76 valence electrons. The predicted molar refractivity (Wildman–Crippen MR) is 46.5 cm³/mol. The van der Waals surface area contributed by atoms with Crippen molar-refractivity contribution in [1.29, 1.82) is 0 Å². The van der Waals surface area contributed by atoms with E-state index < -0.39 is 6.55 Å². The van der Waals surface area contributed by atoms with Gasteiger partial charge in [-0.3, -0.25) is 0 Å². The quantitative estimate of drug-likeness (QED) is 0.633. The highest BCUT2D eigenvalue weighted by Crippen LogP contribution is 2.47. The third-order valence-electron chi connectivity index (χ3n) is 3.36. The van der Waals surface area contributed by atoms with Gasteiger partial charge in [-0.1, -0.05) is 0 Å². The number of halogens is 2. The third kappa shape index (κ3) is 1.70. The maximum atomic E-state index is 12.4. The van der Waals surface area contributed by atoms with Gasteiger partial charge in [0.2, 0.25) is 0 Å². The Morgan fingerprint density at radius 2 is 2.08 bits per heavy atom. The van der Waals surface area contributed by atoms with Gasteiger partial charge < -0.3 is 5.73 Å². The summed E-state index contributed by atoms with van der Waals surface area (Å²) in [5, 5.41) is 0. The predicted octanol–water partition coefficient (Wildman–Crippen LogP) is 1.41. The largest absolute Gasteiger partial charge is 0.328 e. The van der Waals surface area contributed by atoms with Gasteiger partial charge in [-0.25, -0.2) is 4.90 Å². The van der Waals surface area contributed by atoms with Crippen LogP contribution in [0.5, 0.6) is 0 Å². The average molecular weight is 190 g/mol. The first-order valence-corrected chi connectivity index (χ1v) is 4.89. The summed E-state index contributed by atoms with van der Waals surface area (Å²) in [6.07, 6.45) is 3.87. The summed E-state index contributed by atoms with van der Waals surface area (Å²) in [4.78, 5) is 1.29. The molecule has 2 rings (SSSR count). The molecule has 2 nitrogen and oxygen atoms in total. The monoisotopic (exact) mass is 190 g/mol. The number of alkyl halides is 2. The molecular formula is C9H16F2N2. The SMILES string of the molecule is NC1CC2(CCCN(C(F)F)C2)C1. The summed E-state index contributed by atoms with van der Waals surface area (Å²) < 4.78 is 24.8. The number of hydrogen-bond donors (Lipinski definition) is 1. The van der Waals surface area contributed by atoms with Crippen molar-refractivity contribution in [2.75, 3.05) is 13.1 Å². The van der Waals surface area contributed by atoms with Gasteiger partial charge in [0.15, 0.2) is 0 Å². The molecular weight excluding hydrogens is 174 g/mol. The fraction of sp³-hybridized carbons (Fsp3) is 1.00. The molecule has 0 amide bonds. The average Bonchev–Trinajstić information content (AvgIpc) is 2.02. The van der Waals surface area contributed by atoms with Gasteiger partial charge in [-0.15, -0.1) is 0 Å². The first-order chi connectivity index (χ1) is 6.11. The molecule has 2 fully saturated rings. The number of nitrogens with two attached hydrogens (primary N) is 1. The maximum absolute atomic E-state index is 12.4. The van der Waals surface area contributed by atoms with E-state index in [0.717, 1.165) is 25.7 Å². The van der Waals surface area contributed by atoms with Gasteiger partial charge >= 0.3 is 0 Å². The minimum Gasteiger partial charge on any atom is -0.328 e. The van der Waals surface area contributed by atoms with Crippen LogP contribution >= 0.6 is 0 Å². The van der Waals surface area contributed by atoms with Crippen molar-refractivity contribution in [3.63, 3.8) is 0 Å². The molecule has 1 heterocycles. The topological polar surface area (TPSA) is 29.3 Å². The normalized spacial score (nSPS) is 41.1. The van der Waals surface area contributed by atoms with Crippen molar-refractivity contribution in [2.24, 2.45) is 11.1 Å². The van der Waals surface area contributed by atoms with Crippen LogP contribution in [0.1, 0.15) is 25.7 Å². The lowest BCUT2D eigenvalue weighted by atomic mass is 9.62. The summed E-state index contributed by atoms with van der Waals surface area (Å²) in [7, 11) is 0. The standard InChI is InChI=1S/C9H16F2N2/c10-8(11)13-3-1-2-9(6-13)4-7(12)5-9/h7-8H,1-6,12H2. The third-order valence-corrected chi connectivity index (χ3v) is 3.36. The Morgan fingerprint density at radius 3 is 2.62 bits per heavy atom. The zero-order valence-corrected chi connectivity index (χ0v) is 7.68. The fourth-order valence-corrected chi connectivity index (χ4v) is 2.80. The zero-order valence-electron chi connectivity index (χ0n) is 7.68. The van der Waals surface area contributed by atoms with Gasteiger partial charge in [0.1, 0.15) is 0 Å². The number of likely N-dealkylation sites (tertiary alicyclic amines) is 1. The summed E-state index contributed by atoms with van der Waals surface area (Å²) >= 11 is 0. The van der Waals surface area contributed by atoms with E-state index in [-0.39, 0.29) is 11.5 Å². The van der Waals surface area contributed by atoms with Crippen LogP contribution in [0.2, 0.25) is 0 Å². The molecule has 1 aliphatic carbocycles. The molecule has 0 radical (unpaired) electrons. The van der Waals surface area contributed by atoms with Crippen molar-refractivity contribution >= 4 is 0 Å². The Balaban J connectivity index is 1.93. The second kappa shape index (κ2) is 3.17. The van der Waals surface area contributed by atoms with Crippen molar-refractivity contribution < 1.29 is 8.78 Å². The van der Waals surface area contributed by atoms with E-state index in [0.29, 0.717) is 13.1 Å². The Hall–Kier alpha value is -0.220. The maximum Gasteiger partial charge on any atom is 0.294 e. The summed E-state index contributed by atoms with van der Waals surface area (Å²) in [5.74, 6) is 0. The number of nitrogens with zero attached hydrogens (tertiary/aromatic N) is 1. The van der Waals surface area contributed by atoms with Crippen LogP contribution in [0.4, 0.5) is 8.78 Å². The van der Waals surface area contributed by atoms with E-state index in [9.17, 15) is 8.78 Å². The molecule has 2 aliphatic rings. The minimum absolute atomic E-state index is 0.147. The first-order valence-electron chi connectivity index (χ1n) is 4.89. The van der Waals surface area contributed by atoms with Gasteiger partial charge in [0, 0.05) is 19.1 Å². The lowest BCUT2D eigenvalue weighted by Crippen LogP contribution is -2.55. The van der Waals surface area contributed by atoms with Crippen molar-refractivity contribution in [2.45, 2.75) is 38.3 Å². The van der Waals surface area contributed by atoms with Gasteiger partial charge in [-0.2, -0.15) is 8.78 Å². The van der Waals surface area contributed by atoms with Crippen LogP contribution in [0.25, 0.3) is 0 Å². The number of piperidine rings is 1. The van der Waals surface area contributed by atoms with Crippen LogP contribution in [0.15, 0.2) is 0 Å². The molecule has 2 N–H and O–H groups in total. The van der Waals surface area contributed by atoms with Crippen LogP contribution in [-0.2, 0) is 0 Å². The lowest BCUT2D eigenvalue weighted by Gasteiger charge is -2.51. The van der Waals surface area contributed by atoms with Crippen LogP contribution in [0.3, 0.4) is 0 Å². The second-order valence-corrected chi connectivity index (χ2v) is 4.52. The fourth-order valence-electron chi connectivity index (χ4n) is 2.80. The van der Waals surface area contributed by atoms with E-state index in [2.05, 4.69) is 0 Å². The van der Waals surface area contributed by atoms with E-state index in [1.165, 1.54) is 4.90 Å². The molecule has 1 aliphatic heterocycles. The van der Waals surface area contributed by atoms with Gasteiger partial charge in [-0.05, 0) is 31.1 Å².